The van der Waals surface area contributed by atoms with E-state index in [0.29, 0.717) is 30.9 Å². The van der Waals surface area contributed by atoms with E-state index in [1.807, 2.05) is 0 Å². The summed E-state index contributed by atoms with van der Waals surface area (Å²) in [6.07, 6.45) is 0.513. The minimum absolute atomic E-state index is 0.00405. The molecule has 2 aromatic rings. The smallest absolute Gasteiger partial charge is 0.319 e. The predicted molar refractivity (Wildman–Crippen MR) is 93.4 cm³/mol. The zero-order valence-electron chi connectivity index (χ0n) is 13.8. The maximum atomic E-state index is 13.5. The molecule has 0 saturated heterocycles. The SMILES string of the molecule is COc1ccccc1NC(=O)NCCCNC(=O)c1ccccc1F. The summed E-state index contributed by atoms with van der Waals surface area (Å²) in [6, 6.07) is 12.5. The molecular weight excluding hydrogens is 325 g/mol. The Bertz CT molecular complexity index is 737. The van der Waals surface area contributed by atoms with Crippen molar-refractivity contribution < 1.29 is 18.7 Å². The highest BCUT2D eigenvalue weighted by Crippen LogP contribution is 2.22. The minimum atomic E-state index is -0.561. The molecule has 0 atom stereocenters. The molecule has 0 aliphatic carbocycles. The summed E-state index contributed by atoms with van der Waals surface area (Å²) in [5.74, 6) is -0.472. The maximum absolute atomic E-state index is 13.5. The van der Waals surface area contributed by atoms with Crippen molar-refractivity contribution >= 4 is 17.6 Å². The van der Waals surface area contributed by atoms with Gasteiger partial charge in [-0.2, -0.15) is 0 Å². The van der Waals surface area contributed by atoms with Gasteiger partial charge in [0.2, 0.25) is 0 Å². The van der Waals surface area contributed by atoms with Crippen molar-refractivity contribution in [1.29, 1.82) is 0 Å². The number of urea groups is 1. The first-order valence-electron chi connectivity index (χ1n) is 7.82. The molecule has 0 bridgehead atoms. The molecule has 132 valence electrons. The van der Waals surface area contributed by atoms with Gasteiger partial charge in [-0.25, -0.2) is 9.18 Å². The van der Waals surface area contributed by atoms with Crippen LogP contribution in [0.5, 0.6) is 5.75 Å². The van der Waals surface area contributed by atoms with Crippen LogP contribution in [-0.4, -0.2) is 32.1 Å². The fourth-order valence-corrected chi connectivity index (χ4v) is 2.15. The van der Waals surface area contributed by atoms with E-state index in [1.54, 1.807) is 30.3 Å². The average molecular weight is 345 g/mol. The Labute approximate surface area is 145 Å². The molecule has 0 aliphatic rings. The van der Waals surface area contributed by atoms with Crippen LogP contribution in [-0.2, 0) is 0 Å². The predicted octanol–water partition coefficient (Wildman–Crippen LogP) is 2.78. The van der Waals surface area contributed by atoms with Gasteiger partial charge in [0.05, 0.1) is 18.4 Å². The van der Waals surface area contributed by atoms with E-state index in [2.05, 4.69) is 16.0 Å². The Morgan fingerprint density at radius 3 is 2.44 bits per heavy atom. The number of ether oxygens (including phenoxy) is 1. The number of hydrogen-bond acceptors (Lipinski definition) is 3. The van der Waals surface area contributed by atoms with E-state index < -0.39 is 11.7 Å². The lowest BCUT2D eigenvalue weighted by Crippen LogP contribution is -2.32. The molecule has 3 N–H and O–H groups in total. The molecule has 0 radical (unpaired) electrons. The number of methoxy groups -OCH3 is 1. The summed E-state index contributed by atoms with van der Waals surface area (Å²) in [7, 11) is 1.52. The average Bonchev–Trinajstić information content (AvgIpc) is 2.62. The van der Waals surface area contributed by atoms with E-state index >= 15 is 0 Å². The summed E-state index contributed by atoms with van der Waals surface area (Å²) < 4.78 is 18.6. The molecule has 0 heterocycles. The number of para-hydroxylation sites is 2. The molecule has 0 unspecified atom stereocenters. The lowest BCUT2D eigenvalue weighted by atomic mass is 10.2. The first-order valence-corrected chi connectivity index (χ1v) is 7.82. The van der Waals surface area contributed by atoms with Crippen LogP contribution in [0.3, 0.4) is 0 Å². The number of carbonyl (C=O) groups is 2. The van der Waals surface area contributed by atoms with Crippen LogP contribution < -0.4 is 20.7 Å². The maximum Gasteiger partial charge on any atom is 0.319 e. The van der Waals surface area contributed by atoms with Crippen molar-refractivity contribution in [3.05, 3.63) is 59.9 Å². The van der Waals surface area contributed by atoms with Crippen LogP contribution in [0.4, 0.5) is 14.9 Å². The second-order valence-corrected chi connectivity index (χ2v) is 5.17. The van der Waals surface area contributed by atoms with Gasteiger partial charge in [0, 0.05) is 13.1 Å². The third kappa shape index (κ3) is 5.49. The van der Waals surface area contributed by atoms with Crippen molar-refractivity contribution in [3.63, 3.8) is 0 Å². The molecule has 0 aromatic heterocycles. The number of carbonyl (C=O) groups excluding carboxylic acids is 2. The molecule has 3 amide bonds. The summed E-state index contributed by atoms with van der Waals surface area (Å²) in [6.45, 7) is 0.681. The molecule has 7 heteroatoms. The van der Waals surface area contributed by atoms with E-state index in [-0.39, 0.29) is 11.6 Å². The first-order chi connectivity index (χ1) is 12.1. The Morgan fingerprint density at radius 1 is 1.00 bits per heavy atom. The molecule has 0 saturated carbocycles. The van der Waals surface area contributed by atoms with Gasteiger partial charge in [0.15, 0.2) is 0 Å². The highest BCUT2D eigenvalue weighted by atomic mass is 19.1. The standard InChI is InChI=1S/C18H20FN3O3/c1-25-16-10-5-4-9-15(16)22-18(24)21-12-6-11-20-17(23)13-7-2-3-8-14(13)19/h2-5,7-10H,6,11-12H2,1H3,(H,20,23)(H2,21,22,24). The summed E-state index contributed by atoms with van der Waals surface area (Å²) in [5.41, 5.74) is 0.569. The zero-order chi connectivity index (χ0) is 18.1. The number of halogens is 1. The Kier molecular flexibility index (Phi) is 6.76. The van der Waals surface area contributed by atoms with Gasteiger partial charge in [-0.3, -0.25) is 4.79 Å². The highest BCUT2D eigenvalue weighted by molar-refractivity contribution is 5.94. The largest absolute Gasteiger partial charge is 0.495 e. The summed E-state index contributed by atoms with van der Waals surface area (Å²) >= 11 is 0. The Balaban J connectivity index is 1.68. The molecule has 2 aromatic carbocycles. The van der Waals surface area contributed by atoms with Crippen LogP contribution in [0.1, 0.15) is 16.8 Å². The van der Waals surface area contributed by atoms with E-state index in [1.165, 1.54) is 25.3 Å². The first kappa shape index (κ1) is 18.3. The second-order valence-electron chi connectivity index (χ2n) is 5.17. The molecule has 0 spiro atoms. The molecule has 0 fully saturated rings. The fraction of sp³-hybridized carbons (Fsp3) is 0.222. The normalized spacial score (nSPS) is 10.0. The van der Waals surface area contributed by atoms with Crippen LogP contribution in [0.25, 0.3) is 0 Å². The Morgan fingerprint density at radius 2 is 1.68 bits per heavy atom. The second kappa shape index (κ2) is 9.27. The van der Waals surface area contributed by atoms with Gasteiger partial charge in [-0.1, -0.05) is 24.3 Å². The molecule has 2 rings (SSSR count). The number of amides is 3. The van der Waals surface area contributed by atoms with Crippen LogP contribution in [0, 0.1) is 5.82 Å². The van der Waals surface area contributed by atoms with E-state index in [4.69, 9.17) is 4.74 Å². The quantitative estimate of drug-likeness (QED) is 0.675. The lowest BCUT2D eigenvalue weighted by molar-refractivity contribution is 0.0949. The van der Waals surface area contributed by atoms with Crippen LogP contribution >= 0.6 is 0 Å². The number of nitrogens with one attached hydrogen (secondary N) is 3. The van der Waals surface area contributed by atoms with Gasteiger partial charge in [0.25, 0.3) is 5.91 Å². The van der Waals surface area contributed by atoms with Crippen LogP contribution in [0.15, 0.2) is 48.5 Å². The van der Waals surface area contributed by atoms with Gasteiger partial charge >= 0.3 is 6.03 Å². The van der Waals surface area contributed by atoms with Gasteiger partial charge < -0.3 is 20.7 Å². The monoisotopic (exact) mass is 345 g/mol. The molecule has 0 aliphatic heterocycles. The van der Waals surface area contributed by atoms with Crippen molar-refractivity contribution in [2.45, 2.75) is 6.42 Å². The summed E-state index contributed by atoms with van der Waals surface area (Å²) in [4.78, 5) is 23.6. The van der Waals surface area contributed by atoms with Crippen molar-refractivity contribution in [2.75, 3.05) is 25.5 Å². The number of rotatable bonds is 7. The Hall–Kier alpha value is -3.09. The topological polar surface area (TPSA) is 79.5 Å². The highest BCUT2D eigenvalue weighted by Gasteiger charge is 2.10. The van der Waals surface area contributed by atoms with Gasteiger partial charge in [-0.15, -0.1) is 0 Å². The molecule has 6 nitrogen and oxygen atoms in total. The van der Waals surface area contributed by atoms with Gasteiger partial charge in [-0.05, 0) is 30.7 Å². The van der Waals surface area contributed by atoms with Crippen molar-refractivity contribution in [2.24, 2.45) is 0 Å². The molecular formula is C18H20FN3O3. The number of benzene rings is 2. The molecule has 25 heavy (non-hydrogen) atoms. The third-order valence-corrected chi connectivity index (χ3v) is 3.40. The lowest BCUT2D eigenvalue weighted by Gasteiger charge is -2.11. The van der Waals surface area contributed by atoms with Crippen molar-refractivity contribution in [1.82, 2.24) is 10.6 Å². The number of hydrogen-bond donors (Lipinski definition) is 3. The van der Waals surface area contributed by atoms with Crippen LogP contribution in [0.2, 0.25) is 0 Å². The van der Waals surface area contributed by atoms with E-state index in [0.717, 1.165) is 0 Å². The minimum Gasteiger partial charge on any atom is -0.495 e. The summed E-state index contributed by atoms with van der Waals surface area (Å²) in [5, 5.41) is 7.97. The fourth-order valence-electron chi connectivity index (χ4n) is 2.15. The van der Waals surface area contributed by atoms with E-state index in [9.17, 15) is 14.0 Å². The zero-order valence-corrected chi connectivity index (χ0v) is 13.8. The third-order valence-electron chi connectivity index (χ3n) is 3.40. The van der Waals surface area contributed by atoms with Crippen molar-refractivity contribution in [3.8, 4) is 5.75 Å². The number of anilines is 1. The van der Waals surface area contributed by atoms with Gasteiger partial charge in [0.1, 0.15) is 11.6 Å².